The Bertz CT molecular complexity index is 858. The lowest BCUT2D eigenvalue weighted by Gasteiger charge is -2.45. The van der Waals surface area contributed by atoms with Gasteiger partial charge in [0, 0.05) is 44.8 Å². The average molecular weight is 491 g/mol. The third kappa shape index (κ3) is 6.74. The summed E-state index contributed by atoms with van der Waals surface area (Å²) in [7, 11) is 0. The maximum Gasteiger partial charge on any atom is 0.410 e. The molecule has 2 fully saturated rings. The molecule has 0 bridgehead atoms. The summed E-state index contributed by atoms with van der Waals surface area (Å²) in [6, 6.07) is 0.442. The van der Waals surface area contributed by atoms with Gasteiger partial charge in [0.05, 0.1) is 37.6 Å². The number of ether oxygens (including phenoxy) is 3. The average Bonchev–Trinajstić information content (AvgIpc) is 2.80. The number of piperazine rings is 1. The normalized spacial score (nSPS) is 23.7. The van der Waals surface area contributed by atoms with Crippen LogP contribution in [0.3, 0.4) is 0 Å². The Labute approximate surface area is 209 Å². The maximum absolute atomic E-state index is 12.8. The number of anilines is 1. The molecule has 1 amide bonds. The molecule has 196 valence electrons. The highest BCUT2D eigenvalue weighted by Crippen LogP contribution is 2.30. The third-order valence-corrected chi connectivity index (χ3v) is 6.67. The third-order valence-electron chi connectivity index (χ3n) is 6.67. The van der Waals surface area contributed by atoms with Gasteiger partial charge in [0.1, 0.15) is 11.4 Å². The van der Waals surface area contributed by atoms with E-state index in [0.717, 1.165) is 70.3 Å². The van der Waals surface area contributed by atoms with Crippen molar-refractivity contribution in [2.45, 2.75) is 71.7 Å². The first kappa shape index (κ1) is 25.9. The molecule has 1 N–H and O–H groups in total. The summed E-state index contributed by atoms with van der Waals surface area (Å²) in [6.07, 6.45) is 1.56. The molecule has 3 aliphatic heterocycles. The van der Waals surface area contributed by atoms with Crippen LogP contribution in [0, 0.1) is 0 Å². The van der Waals surface area contributed by atoms with Crippen LogP contribution in [-0.4, -0.2) is 103 Å². The Balaban J connectivity index is 1.44. The molecule has 0 spiro atoms. The van der Waals surface area contributed by atoms with Crippen molar-refractivity contribution in [1.29, 1.82) is 0 Å². The number of hydrogen-bond donors (Lipinski definition) is 1. The van der Waals surface area contributed by atoms with Crippen LogP contribution in [0.15, 0.2) is 0 Å². The number of carbonyl (C=O) groups is 1. The lowest BCUT2D eigenvalue weighted by Crippen LogP contribution is -2.59. The summed E-state index contributed by atoms with van der Waals surface area (Å²) in [4.78, 5) is 29.0. The van der Waals surface area contributed by atoms with Crippen molar-refractivity contribution in [2.75, 3.05) is 64.0 Å². The minimum Gasteiger partial charge on any atom is -0.463 e. The van der Waals surface area contributed by atoms with Gasteiger partial charge in [-0.3, -0.25) is 9.80 Å². The molecule has 0 saturated carbocycles. The topological polar surface area (TPSA) is 92.3 Å². The number of nitrogens with zero attached hydrogens (tertiary/aromatic N) is 5. The van der Waals surface area contributed by atoms with Crippen LogP contribution in [0.4, 0.5) is 10.6 Å². The van der Waals surface area contributed by atoms with Crippen LogP contribution in [0.5, 0.6) is 6.01 Å². The molecular weight excluding hydrogens is 448 g/mol. The predicted molar refractivity (Wildman–Crippen MR) is 134 cm³/mol. The van der Waals surface area contributed by atoms with Gasteiger partial charge < -0.3 is 24.4 Å². The molecule has 2 atom stereocenters. The van der Waals surface area contributed by atoms with Crippen molar-refractivity contribution in [1.82, 2.24) is 25.1 Å². The molecule has 0 radical (unpaired) electrons. The zero-order valence-corrected chi connectivity index (χ0v) is 22.0. The van der Waals surface area contributed by atoms with Crippen LogP contribution >= 0.6 is 0 Å². The van der Waals surface area contributed by atoms with Crippen molar-refractivity contribution in [2.24, 2.45) is 0 Å². The highest BCUT2D eigenvalue weighted by atomic mass is 16.6. The number of amides is 1. The Morgan fingerprint density at radius 3 is 2.54 bits per heavy atom. The number of aromatic nitrogens is 2. The molecule has 0 aromatic carbocycles. The second-order valence-corrected chi connectivity index (χ2v) is 10.8. The van der Waals surface area contributed by atoms with Gasteiger partial charge in [0.25, 0.3) is 0 Å². The molecule has 4 rings (SSSR count). The number of hydrogen-bond acceptors (Lipinski definition) is 9. The summed E-state index contributed by atoms with van der Waals surface area (Å²) in [5.74, 6) is 0.946. The molecule has 3 aliphatic rings. The van der Waals surface area contributed by atoms with Gasteiger partial charge in [0.15, 0.2) is 0 Å². The SMILES string of the molecule is CC1CN(c2nc(OCCCN3CCOCC3)nc3c2CCNC3)C[C@@H](C)N1C(=O)OC(C)(C)C. The van der Waals surface area contributed by atoms with E-state index in [1.807, 2.05) is 25.7 Å². The highest BCUT2D eigenvalue weighted by Gasteiger charge is 2.37. The van der Waals surface area contributed by atoms with Crippen LogP contribution < -0.4 is 15.0 Å². The molecule has 0 aliphatic carbocycles. The second kappa shape index (κ2) is 11.3. The zero-order chi connectivity index (χ0) is 25.0. The van der Waals surface area contributed by atoms with E-state index in [-0.39, 0.29) is 18.2 Å². The van der Waals surface area contributed by atoms with E-state index in [1.54, 1.807) is 0 Å². The van der Waals surface area contributed by atoms with Crippen LogP contribution in [0.1, 0.15) is 52.3 Å². The lowest BCUT2D eigenvalue weighted by molar-refractivity contribution is 0.00557. The number of nitrogens with one attached hydrogen (secondary N) is 1. The fraction of sp³-hybridized carbons (Fsp3) is 0.800. The first-order chi connectivity index (χ1) is 16.7. The number of carbonyl (C=O) groups excluding carboxylic acids is 1. The van der Waals surface area contributed by atoms with Crippen LogP contribution in [0.2, 0.25) is 0 Å². The Morgan fingerprint density at radius 1 is 1.14 bits per heavy atom. The largest absolute Gasteiger partial charge is 0.463 e. The maximum atomic E-state index is 12.8. The minimum atomic E-state index is -0.513. The van der Waals surface area contributed by atoms with E-state index in [0.29, 0.717) is 25.7 Å². The summed E-state index contributed by atoms with van der Waals surface area (Å²) in [5, 5.41) is 3.42. The molecule has 2 saturated heterocycles. The molecule has 1 aromatic rings. The molecule has 4 heterocycles. The minimum absolute atomic E-state index is 0.00109. The first-order valence-corrected chi connectivity index (χ1v) is 13.0. The fourth-order valence-corrected chi connectivity index (χ4v) is 5.09. The molecule has 10 heteroatoms. The lowest BCUT2D eigenvalue weighted by atomic mass is 10.0. The van der Waals surface area contributed by atoms with E-state index >= 15 is 0 Å². The summed E-state index contributed by atoms with van der Waals surface area (Å²) >= 11 is 0. The van der Waals surface area contributed by atoms with Crippen molar-refractivity contribution in [3.05, 3.63) is 11.3 Å². The summed E-state index contributed by atoms with van der Waals surface area (Å²) in [6.45, 7) is 18.0. The zero-order valence-electron chi connectivity index (χ0n) is 22.0. The quantitative estimate of drug-likeness (QED) is 0.602. The predicted octanol–water partition coefficient (Wildman–Crippen LogP) is 2.06. The highest BCUT2D eigenvalue weighted by molar-refractivity contribution is 5.69. The Kier molecular flexibility index (Phi) is 8.34. The van der Waals surface area contributed by atoms with Crippen molar-refractivity contribution >= 4 is 11.9 Å². The van der Waals surface area contributed by atoms with E-state index in [1.165, 1.54) is 5.56 Å². The number of fused-ring (bicyclic) bond motifs is 1. The van der Waals surface area contributed by atoms with E-state index < -0.39 is 5.60 Å². The molecular formula is C25H42N6O4. The molecule has 1 unspecified atom stereocenters. The van der Waals surface area contributed by atoms with Gasteiger partial charge in [-0.2, -0.15) is 9.97 Å². The molecule has 35 heavy (non-hydrogen) atoms. The van der Waals surface area contributed by atoms with Crippen LogP contribution in [0.25, 0.3) is 0 Å². The van der Waals surface area contributed by atoms with Crippen molar-refractivity contribution < 1.29 is 19.0 Å². The van der Waals surface area contributed by atoms with E-state index in [4.69, 9.17) is 24.2 Å². The summed E-state index contributed by atoms with van der Waals surface area (Å²) < 4.78 is 17.1. The van der Waals surface area contributed by atoms with Crippen molar-refractivity contribution in [3.63, 3.8) is 0 Å². The Morgan fingerprint density at radius 2 is 1.86 bits per heavy atom. The molecule has 1 aromatic heterocycles. The second-order valence-electron chi connectivity index (χ2n) is 10.8. The monoisotopic (exact) mass is 490 g/mol. The van der Waals surface area contributed by atoms with Gasteiger partial charge in [-0.15, -0.1) is 0 Å². The number of rotatable bonds is 6. The summed E-state index contributed by atoms with van der Waals surface area (Å²) in [5.41, 5.74) is 1.69. The van der Waals surface area contributed by atoms with Gasteiger partial charge in [0.2, 0.25) is 0 Å². The first-order valence-electron chi connectivity index (χ1n) is 13.0. The molecule has 10 nitrogen and oxygen atoms in total. The smallest absolute Gasteiger partial charge is 0.410 e. The fourth-order valence-electron chi connectivity index (χ4n) is 5.09. The number of morpholine rings is 1. The van der Waals surface area contributed by atoms with Gasteiger partial charge in [-0.25, -0.2) is 4.79 Å². The van der Waals surface area contributed by atoms with Crippen LogP contribution in [-0.2, 0) is 22.4 Å². The van der Waals surface area contributed by atoms with Gasteiger partial charge in [-0.1, -0.05) is 0 Å². The van der Waals surface area contributed by atoms with Gasteiger partial charge >= 0.3 is 12.1 Å². The van der Waals surface area contributed by atoms with Crippen molar-refractivity contribution in [3.8, 4) is 6.01 Å². The van der Waals surface area contributed by atoms with E-state index in [9.17, 15) is 4.79 Å². The van der Waals surface area contributed by atoms with Gasteiger partial charge in [-0.05, 0) is 54.0 Å². The standard InChI is InChI=1S/C25H42N6O4/c1-18-16-30(17-19(2)31(18)24(32)35-25(3,4)5)22-20-7-8-26-15-21(20)27-23(28-22)34-12-6-9-29-10-13-33-14-11-29/h18-19,26H,6-17H2,1-5H3/t18-,19?/m1/s1. The Hall–Kier alpha value is -2.17. The van der Waals surface area contributed by atoms with E-state index in [2.05, 4.69) is 29.0 Å².